The van der Waals surface area contributed by atoms with Gasteiger partial charge in [-0.05, 0) is 18.2 Å². The van der Waals surface area contributed by atoms with E-state index < -0.39 is 0 Å². The highest BCUT2D eigenvalue weighted by Gasteiger charge is 2.12. The summed E-state index contributed by atoms with van der Waals surface area (Å²) in [4.78, 5) is 19.8. The van der Waals surface area contributed by atoms with E-state index in [0.29, 0.717) is 11.4 Å². The zero-order valence-corrected chi connectivity index (χ0v) is 9.32. The van der Waals surface area contributed by atoms with E-state index in [2.05, 4.69) is 20.2 Å². The second-order valence-corrected chi connectivity index (χ2v) is 3.68. The predicted molar refractivity (Wildman–Crippen MR) is 63.8 cm³/mol. The lowest BCUT2D eigenvalue weighted by atomic mass is 10.2. The van der Waals surface area contributed by atoms with Gasteiger partial charge in [0.15, 0.2) is 0 Å². The third kappa shape index (κ3) is 1.80. The summed E-state index contributed by atoms with van der Waals surface area (Å²) < 4.78 is 1.39. The molecule has 1 N–H and O–H groups in total. The Morgan fingerprint density at radius 2 is 2.00 bits per heavy atom. The van der Waals surface area contributed by atoms with Gasteiger partial charge in [-0.1, -0.05) is 0 Å². The minimum absolute atomic E-state index is 0.194. The zero-order chi connectivity index (χ0) is 12.4. The van der Waals surface area contributed by atoms with Crippen LogP contribution in [-0.2, 0) is 0 Å². The standard InChI is InChI=1S/C12H9N5O/c18-12(17-6-5-14-8-17)11-7-10(15-16-11)9-1-3-13-4-2-9/h1-8H,(H,15,16). The fourth-order valence-electron chi connectivity index (χ4n) is 1.62. The van der Waals surface area contributed by atoms with Gasteiger partial charge in [-0.3, -0.25) is 19.4 Å². The van der Waals surface area contributed by atoms with Crippen LogP contribution in [0.25, 0.3) is 11.3 Å². The number of rotatable bonds is 2. The topological polar surface area (TPSA) is 76.5 Å². The smallest absolute Gasteiger partial charge is 0.272 e. The molecule has 0 aliphatic carbocycles. The Kier molecular flexibility index (Phi) is 2.45. The van der Waals surface area contributed by atoms with Crippen LogP contribution in [0.3, 0.4) is 0 Å². The van der Waals surface area contributed by atoms with E-state index in [1.165, 1.54) is 10.9 Å². The number of carbonyl (C=O) groups is 1. The highest BCUT2D eigenvalue weighted by Crippen LogP contribution is 2.16. The van der Waals surface area contributed by atoms with Crippen LogP contribution in [0.2, 0.25) is 0 Å². The highest BCUT2D eigenvalue weighted by atomic mass is 16.2. The molecule has 0 saturated carbocycles. The number of aromatic nitrogens is 5. The summed E-state index contributed by atoms with van der Waals surface area (Å²) in [5, 5.41) is 6.83. The molecule has 0 saturated heterocycles. The lowest BCUT2D eigenvalue weighted by molar-refractivity contribution is 0.0955. The summed E-state index contributed by atoms with van der Waals surface area (Å²) in [5.74, 6) is -0.194. The van der Waals surface area contributed by atoms with Crippen LogP contribution in [0.15, 0.2) is 49.3 Å². The van der Waals surface area contributed by atoms with E-state index in [1.54, 1.807) is 30.9 Å². The maximum Gasteiger partial charge on any atom is 0.281 e. The Morgan fingerprint density at radius 3 is 2.72 bits per heavy atom. The minimum Gasteiger partial charge on any atom is -0.272 e. The quantitative estimate of drug-likeness (QED) is 0.732. The number of nitrogens with one attached hydrogen (secondary N) is 1. The number of H-pyrrole nitrogens is 1. The molecule has 6 nitrogen and oxygen atoms in total. The zero-order valence-electron chi connectivity index (χ0n) is 9.32. The minimum atomic E-state index is -0.194. The third-order valence-electron chi connectivity index (χ3n) is 2.52. The van der Waals surface area contributed by atoms with E-state index in [1.807, 2.05) is 12.1 Å². The first-order chi connectivity index (χ1) is 8.84. The van der Waals surface area contributed by atoms with Gasteiger partial charge in [0.2, 0.25) is 0 Å². The van der Waals surface area contributed by atoms with E-state index in [9.17, 15) is 4.79 Å². The molecular weight excluding hydrogens is 230 g/mol. The Bertz CT molecular complexity index is 657. The summed E-state index contributed by atoms with van der Waals surface area (Å²) in [6.07, 6.45) is 7.96. The Labute approximate surface area is 102 Å². The molecular formula is C12H9N5O. The molecule has 0 atom stereocenters. The summed E-state index contributed by atoms with van der Waals surface area (Å²) in [6, 6.07) is 5.38. The SMILES string of the molecule is O=C(c1cc(-c2ccncc2)n[nH]1)n1ccnc1. The Balaban J connectivity index is 1.93. The Morgan fingerprint density at radius 1 is 1.17 bits per heavy atom. The fraction of sp³-hybridized carbons (Fsp3) is 0. The number of pyridine rings is 1. The van der Waals surface area contributed by atoms with Gasteiger partial charge in [-0.25, -0.2) is 4.98 Å². The van der Waals surface area contributed by atoms with Gasteiger partial charge in [0, 0.05) is 30.4 Å². The van der Waals surface area contributed by atoms with Crippen molar-refractivity contribution in [2.75, 3.05) is 0 Å². The van der Waals surface area contributed by atoms with Gasteiger partial charge in [0.25, 0.3) is 5.91 Å². The number of nitrogens with zero attached hydrogens (tertiary/aromatic N) is 4. The van der Waals surface area contributed by atoms with Crippen LogP contribution in [0.5, 0.6) is 0 Å². The van der Waals surface area contributed by atoms with E-state index in [0.717, 1.165) is 5.56 Å². The van der Waals surface area contributed by atoms with Gasteiger partial charge >= 0.3 is 0 Å². The number of hydrogen-bond donors (Lipinski definition) is 1. The molecule has 0 aliphatic heterocycles. The van der Waals surface area contributed by atoms with Crippen LogP contribution in [0.4, 0.5) is 0 Å². The van der Waals surface area contributed by atoms with E-state index >= 15 is 0 Å². The highest BCUT2D eigenvalue weighted by molar-refractivity contribution is 5.94. The first kappa shape index (κ1) is 10.4. The lowest BCUT2D eigenvalue weighted by Crippen LogP contribution is -2.09. The summed E-state index contributed by atoms with van der Waals surface area (Å²) in [7, 11) is 0. The van der Waals surface area contributed by atoms with Crippen LogP contribution in [0, 0.1) is 0 Å². The van der Waals surface area contributed by atoms with Crippen molar-refractivity contribution in [2.45, 2.75) is 0 Å². The average molecular weight is 239 g/mol. The molecule has 0 aromatic carbocycles. The first-order valence-corrected chi connectivity index (χ1v) is 5.33. The van der Waals surface area contributed by atoms with Crippen molar-refractivity contribution in [2.24, 2.45) is 0 Å². The van der Waals surface area contributed by atoms with Crippen molar-refractivity contribution in [3.8, 4) is 11.3 Å². The van der Waals surface area contributed by atoms with Gasteiger partial charge in [0.05, 0.1) is 5.69 Å². The molecule has 18 heavy (non-hydrogen) atoms. The molecule has 0 unspecified atom stereocenters. The van der Waals surface area contributed by atoms with Crippen molar-refractivity contribution < 1.29 is 4.79 Å². The molecule has 3 rings (SSSR count). The number of carbonyl (C=O) groups excluding carboxylic acids is 1. The summed E-state index contributed by atoms with van der Waals surface area (Å²) >= 11 is 0. The van der Waals surface area contributed by atoms with Crippen LogP contribution >= 0.6 is 0 Å². The second-order valence-electron chi connectivity index (χ2n) is 3.68. The largest absolute Gasteiger partial charge is 0.281 e. The van der Waals surface area contributed by atoms with Gasteiger partial charge in [-0.15, -0.1) is 0 Å². The van der Waals surface area contributed by atoms with Crippen LogP contribution in [0.1, 0.15) is 10.5 Å². The maximum absolute atomic E-state index is 12.0. The molecule has 3 aromatic rings. The Hall–Kier alpha value is -2.76. The number of imidazole rings is 1. The summed E-state index contributed by atoms with van der Waals surface area (Å²) in [6.45, 7) is 0. The van der Waals surface area contributed by atoms with Crippen molar-refractivity contribution in [1.29, 1.82) is 0 Å². The van der Waals surface area contributed by atoms with Crippen molar-refractivity contribution in [1.82, 2.24) is 24.7 Å². The third-order valence-corrected chi connectivity index (χ3v) is 2.52. The number of aromatic amines is 1. The second kappa shape index (κ2) is 4.25. The molecule has 6 heteroatoms. The van der Waals surface area contributed by atoms with Gasteiger partial charge < -0.3 is 0 Å². The maximum atomic E-state index is 12.0. The van der Waals surface area contributed by atoms with Gasteiger partial charge in [0.1, 0.15) is 12.0 Å². The van der Waals surface area contributed by atoms with Crippen molar-refractivity contribution in [3.05, 3.63) is 55.0 Å². The lowest BCUT2D eigenvalue weighted by Gasteiger charge is -1.95. The number of hydrogen-bond acceptors (Lipinski definition) is 4. The molecule has 0 aliphatic rings. The van der Waals surface area contributed by atoms with E-state index in [-0.39, 0.29) is 5.91 Å². The van der Waals surface area contributed by atoms with Crippen LogP contribution < -0.4 is 0 Å². The molecule has 0 bridgehead atoms. The monoisotopic (exact) mass is 239 g/mol. The van der Waals surface area contributed by atoms with Crippen molar-refractivity contribution >= 4 is 5.91 Å². The first-order valence-electron chi connectivity index (χ1n) is 5.33. The normalized spacial score (nSPS) is 10.4. The van der Waals surface area contributed by atoms with Gasteiger partial charge in [-0.2, -0.15) is 5.10 Å². The summed E-state index contributed by atoms with van der Waals surface area (Å²) in [5.41, 5.74) is 2.03. The average Bonchev–Trinajstić information content (AvgIpc) is 3.10. The molecule has 88 valence electrons. The molecule has 3 heterocycles. The fourth-order valence-corrected chi connectivity index (χ4v) is 1.62. The van der Waals surface area contributed by atoms with E-state index in [4.69, 9.17) is 0 Å². The van der Waals surface area contributed by atoms with Crippen molar-refractivity contribution in [3.63, 3.8) is 0 Å². The molecule has 0 amide bonds. The molecule has 3 aromatic heterocycles. The van der Waals surface area contributed by atoms with Crippen LogP contribution in [-0.4, -0.2) is 30.6 Å². The molecule has 0 fully saturated rings. The molecule has 0 radical (unpaired) electrons. The molecule has 0 spiro atoms. The predicted octanol–water partition coefficient (Wildman–Crippen LogP) is 1.36.